The molecule has 9 nitrogen and oxygen atoms in total. The highest BCUT2D eigenvalue weighted by Gasteiger charge is 2.29. The molecule has 1 unspecified atom stereocenters. The smallest absolute Gasteiger partial charge is 0.211 e. The second-order valence-corrected chi connectivity index (χ2v) is 7.93. The normalized spacial score (nSPS) is 20.5. The molecule has 1 saturated heterocycles. The number of sulfonamides is 1. The van der Waals surface area contributed by atoms with Crippen molar-refractivity contribution in [2.24, 2.45) is 7.05 Å². The molecular formula is C13H17N7O2S. The Morgan fingerprint density at radius 1 is 1.30 bits per heavy atom. The van der Waals surface area contributed by atoms with Crippen molar-refractivity contribution in [3.63, 3.8) is 0 Å². The molecule has 0 saturated carbocycles. The maximum Gasteiger partial charge on any atom is 0.211 e. The first-order valence-electron chi connectivity index (χ1n) is 7.41. The molecule has 0 aliphatic carbocycles. The zero-order valence-electron chi connectivity index (χ0n) is 12.9. The average Bonchev–Trinajstić information content (AvgIpc) is 3.10. The van der Waals surface area contributed by atoms with E-state index in [-0.39, 0.29) is 5.92 Å². The highest BCUT2D eigenvalue weighted by molar-refractivity contribution is 7.88. The van der Waals surface area contributed by atoms with Crippen LogP contribution in [-0.4, -0.2) is 61.4 Å². The number of nitrogens with zero attached hydrogens (tertiary/aromatic N) is 7. The first-order valence-corrected chi connectivity index (χ1v) is 9.26. The van der Waals surface area contributed by atoms with Crippen LogP contribution in [0.5, 0.6) is 0 Å². The summed E-state index contributed by atoms with van der Waals surface area (Å²) in [5.74, 6) is 0.668. The largest absolute Gasteiger partial charge is 0.250 e. The fraction of sp³-hybridized carbons (Fsp3) is 0.538. The average molecular weight is 335 g/mol. The van der Waals surface area contributed by atoms with Crippen LogP contribution in [0.1, 0.15) is 24.6 Å². The fourth-order valence-electron chi connectivity index (χ4n) is 3.08. The number of rotatable bonds is 2. The molecule has 0 amide bonds. The second kappa shape index (κ2) is 4.96. The predicted octanol–water partition coefficient (Wildman–Crippen LogP) is 0.150. The van der Waals surface area contributed by atoms with Crippen molar-refractivity contribution < 1.29 is 8.42 Å². The third-order valence-electron chi connectivity index (χ3n) is 4.30. The Kier molecular flexibility index (Phi) is 3.13. The van der Waals surface area contributed by atoms with Gasteiger partial charge in [0, 0.05) is 26.1 Å². The van der Waals surface area contributed by atoms with Crippen LogP contribution in [0.25, 0.3) is 16.7 Å². The molecule has 23 heavy (non-hydrogen) atoms. The number of hydrogen-bond acceptors (Lipinski definition) is 6. The Labute approximate surface area is 133 Å². The molecule has 1 aliphatic heterocycles. The predicted molar refractivity (Wildman–Crippen MR) is 83.4 cm³/mol. The van der Waals surface area contributed by atoms with Gasteiger partial charge in [-0.15, -0.1) is 5.10 Å². The molecule has 10 heteroatoms. The molecule has 0 spiro atoms. The number of hydrogen-bond donors (Lipinski definition) is 0. The Hall–Kier alpha value is -2.07. The van der Waals surface area contributed by atoms with Gasteiger partial charge in [0.15, 0.2) is 17.1 Å². The van der Waals surface area contributed by atoms with E-state index in [9.17, 15) is 8.42 Å². The molecule has 0 radical (unpaired) electrons. The maximum atomic E-state index is 11.8. The van der Waals surface area contributed by atoms with Gasteiger partial charge in [0.05, 0.1) is 17.8 Å². The molecule has 3 aromatic heterocycles. The maximum absolute atomic E-state index is 11.8. The summed E-state index contributed by atoms with van der Waals surface area (Å²) in [6.07, 6.45) is 6.28. The molecule has 0 N–H and O–H groups in total. The number of aryl methyl sites for hydroxylation is 1. The number of aromatic nitrogens is 6. The molecule has 1 aliphatic rings. The van der Waals surface area contributed by atoms with E-state index in [4.69, 9.17) is 0 Å². The SMILES string of the molecule is Cn1ncc2c1ncn1nc(C3CCCN(S(C)(=O)=O)C3)nc21. The van der Waals surface area contributed by atoms with E-state index in [1.807, 2.05) is 7.05 Å². The van der Waals surface area contributed by atoms with Gasteiger partial charge in [0.2, 0.25) is 10.0 Å². The lowest BCUT2D eigenvalue weighted by Gasteiger charge is -2.29. The summed E-state index contributed by atoms with van der Waals surface area (Å²) in [5, 5.41) is 9.53. The third-order valence-corrected chi connectivity index (χ3v) is 5.57. The van der Waals surface area contributed by atoms with Crippen LogP contribution in [0.2, 0.25) is 0 Å². The Morgan fingerprint density at radius 2 is 2.13 bits per heavy atom. The summed E-state index contributed by atoms with van der Waals surface area (Å²) in [6.45, 7) is 0.996. The lowest BCUT2D eigenvalue weighted by molar-refractivity contribution is 0.311. The zero-order chi connectivity index (χ0) is 16.2. The Bertz CT molecular complexity index is 991. The van der Waals surface area contributed by atoms with Gasteiger partial charge in [0.25, 0.3) is 0 Å². The quantitative estimate of drug-likeness (QED) is 0.661. The van der Waals surface area contributed by atoms with Crippen molar-refractivity contribution in [2.45, 2.75) is 18.8 Å². The van der Waals surface area contributed by atoms with Crippen molar-refractivity contribution >= 4 is 26.7 Å². The van der Waals surface area contributed by atoms with Crippen LogP contribution >= 0.6 is 0 Å². The lowest BCUT2D eigenvalue weighted by Crippen LogP contribution is -2.38. The summed E-state index contributed by atoms with van der Waals surface area (Å²) in [5.41, 5.74) is 1.45. The molecule has 0 aromatic carbocycles. The molecule has 3 aromatic rings. The van der Waals surface area contributed by atoms with Crippen molar-refractivity contribution in [3.05, 3.63) is 18.3 Å². The standard InChI is InChI=1S/C13H17N7O2S/c1-18-12-10(6-15-18)13-16-11(17-20(13)8-14-12)9-4-3-5-19(7-9)23(2,21)22/h6,8-9H,3-5,7H2,1-2H3. The van der Waals surface area contributed by atoms with Crippen LogP contribution in [0.3, 0.4) is 0 Å². The van der Waals surface area contributed by atoms with E-state index >= 15 is 0 Å². The highest BCUT2D eigenvalue weighted by Crippen LogP contribution is 2.27. The summed E-state index contributed by atoms with van der Waals surface area (Å²) in [4.78, 5) is 8.97. The Morgan fingerprint density at radius 3 is 2.91 bits per heavy atom. The first kappa shape index (κ1) is 14.5. The minimum atomic E-state index is -3.18. The number of piperidine rings is 1. The monoisotopic (exact) mass is 335 g/mol. The lowest BCUT2D eigenvalue weighted by atomic mass is 9.99. The van der Waals surface area contributed by atoms with Gasteiger partial charge in [-0.2, -0.15) is 5.10 Å². The molecule has 4 rings (SSSR count). The second-order valence-electron chi connectivity index (χ2n) is 5.95. The van der Waals surface area contributed by atoms with Crippen molar-refractivity contribution in [1.29, 1.82) is 0 Å². The van der Waals surface area contributed by atoms with Crippen LogP contribution < -0.4 is 0 Å². The molecule has 4 heterocycles. The van der Waals surface area contributed by atoms with E-state index in [0.29, 0.717) is 24.6 Å². The minimum Gasteiger partial charge on any atom is -0.250 e. The van der Waals surface area contributed by atoms with Crippen LogP contribution in [-0.2, 0) is 17.1 Å². The molecule has 1 fully saturated rings. The highest BCUT2D eigenvalue weighted by atomic mass is 32.2. The topological polar surface area (TPSA) is 98.3 Å². The zero-order valence-corrected chi connectivity index (χ0v) is 13.7. The van der Waals surface area contributed by atoms with Gasteiger partial charge < -0.3 is 0 Å². The van der Waals surface area contributed by atoms with Crippen LogP contribution in [0.15, 0.2) is 12.5 Å². The van der Waals surface area contributed by atoms with Gasteiger partial charge >= 0.3 is 0 Å². The van der Waals surface area contributed by atoms with Gasteiger partial charge in [-0.3, -0.25) is 4.68 Å². The summed E-state index contributed by atoms with van der Waals surface area (Å²) in [7, 11) is -1.36. The van der Waals surface area contributed by atoms with E-state index in [2.05, 4.69) is 20.2 Å². The van der Waals surface area contributed by atoms with Gasteiger partial charge in [-0.1, -0.05) is 0 Å². The minimum absolute atomic E-state index is 0.00472. The summed E-state index contributed by atoms with van der Waals surface area (Å²) >= 11 is 0. The summed E-state index contributed by atoms with van der Waals surface area (Å²) < 4.78 is 28.4. The van der Waals surface area contributed by atoms with Crippen molar-refractivity contribution in [3.8, 4) is 0 Å². The van der Waals surface area contributed by atoms with Crippen molar-refractivity contribution in [1.82, 2.24) is 33.7 Å². The summed E-state index contributed by atoms with van der Waals surface area (Å²) in [6, 6.07) is 0. The van der Waals surface area contributed by atoms with E-state index in [1.165, 1.54) is 10.6 Å². The molecular weight excluding hydrogens is 318 g/mol. The van der Waals surface area contributed by atoms with Crippen molar-refractivity contribution in [2.75, 3.05) is 19.3 Å². The number of fused-ring (bicyclic) bond motifs is 3. The molecule has 122 valence electrons. The van der Waals surface area contributed by atoms with Gasteiger partial charge in [0.1, 0.15) is 6.33 Å². The van der Waals surface area contributed by atoms with E-state index < -0.39 is 10.0 Å². The van der Waals surface area contributed by atoms with Crippen LogP contribution in [0, 0.1) is 0 Å². The third kappa shape index (κ3) is 2.38. The first-order chi connectivity index (χ1) is 10.9. The van der Waals surface area contributed by atoms with E-state index in [0.717, 1.165) is 23.9 Å². The van der Waals surface area contributed by atoms with Gasteiger partial charge in [-0.25, -0.2) is 27.2 Å². The fourth-order valence-corrected chi connectivity index (χ4v) is 3.99. The molecule has 1 atom stereocenters. The van der Waals surface area contributed by atoms with E-state index in [1.54, 1.807) is 21.7 Å². The van der Waals surface area contributed by atoms with Crippen LogP contribution in [0.4, 0.5) is 0 Å². The Balaban J connectivity index is 1.76. The van der Waals surface area contributed by atoms with Gasteiger partial charge in [-0.05, 0) is 12.8 Å². The molecule has 0 bridgehead atoms.